The number of thioether (sulfide) groups is 1. The zero-order valence-electron chi connectivity index (χ0n) is 18.3. The third kappa shape index (κ3) is 4.43. The number of halogens is 2. The van der Waals surface area contributed by atoms with E-state index in [1.54, 1.807) is 19.9 Å². The van der Waals surface area contributed by atoms with Crippen LogP contribution < -0.4 is 15.8 Å². The van der Waals surface area contributed by atoms with Crippen molar-refractivity contribution in [1.82, 2.24) is 15.0 Å². The number of ether oxygens (including phenoxy) is 1. The maximum atomic E-state index is 15.0. The molecule has 0 radical (unpaired) electrons. The largest absolute Gasteiger partial charge is 0.479 e. The number of rotatable bonds is 5. The van der Waals surface area contributed by atoms with Gasteiger partial charge in [-0.2, -0.15) is 5.26 Å². The van der Waals surface area contributed by atoms with Crippen LogP contribution in [0.2, 0.25) is 0 Å². The van der Waals surface area contributed by atoms with Crippen molar-refractivity contribution < 1.29 is 13.5 Å². The average Bonchev–Trinajstić information content (AvgIpc) is 2.79. The Hall–Kier alpha value is -3.96. The SMILES string of the molecule is C#CCOc1cnc2c(Nc3cc(F)c(F)c([C@]4(C)C[C@](C)(C#N)SC(N)=N4)c3)ncnc2c1. The smallest absolute Gasteiger partial charge is 0.164 e. The molecule has 3 aromatic rings. The average molecular weight is 480 g/mol. The van der Waals surface area contributed by atoms with E-state index in [9.17, 15) is 14.0 Å². The van der Waals surface area contributed by atoms with E-state index in [4.69, 9.17) is 16.9 Å². The minimum absolute atomic E-state index is 0.0315. The molecular weight excluding hydrogens is 460 g/mol. The maximum Gasteiger partial charge on any atom is 0.164 e. The summed E-state index contributed by atoms with van der Waals surface area (Å²) in [6.45, 7) is 3.39. The third-order valence-electron chi connectivity index (χ3n) is 5.25. The standard InChI is InChI=1S/C23H19F2N7OS/c1-4-5-33-14-8-17-19(28-9-14)20(30-12-29-17)31-13-6-15(18(25)16(24)7-13)23(3)10-22(2,11-26)34-21(27)32-23/h1,6-9,12H,5,10H2,2-3H3,(H2,27,32)(H,29,30,31)/t22-,23+/m1/s1. The monoisotopic (exact) mass is 479 g/mol. The van der Waals surface area contributed by atoms with E-state index in [2.05, 4.69) is 37.3 Å². The number of nitrogens with one attached hydrogen (secondary N) is 1. The zero-order chi connectivity index (χ0) is 24.5. The first-order valence-corrected chi connectivity index (χ1v) is 10.9. The van der Waals surface area contributed by atoms with Gasteiger partial charge < -0.3 is 15.8 Å². The number of anilines is 2. The molecule has 0 spiro atoms. The number of amidine groups is 1. The van der Waals surface area contributed by atoms with Crippen molar-refractivity contribution in [2.75, 3.05) is 11.9 Å². The molecule has 1 aromatic carbocycles. The molecule has 2 aromatic heterocycles. The molecule has 0 saturated carbocycles. The van der Waals surface area contributed by atoms with Gasteiger partial charge in [0.1, 0.15) is 28.9 Å². The summed E-state index contributed by atoms with van der Waals surface area (Å²) >= 11 is 1.10. The van der Waals surface area contributed by atoms with Crippen LogP contribution in [0.4, 0.5) is 20.3 Å². The Labute approximate surface area is 198 Å². The number of benzene rings is 1. The van der Waals surface area contributed by atoms with Crippen LogP contribution in [0.15, 0.2) is 35.7 Å². The van der Waals surface area contributed by atoms with Crippen LogP contribution in [-0.2, 0) is 5.54 Å². The predicted molar refractivity (Wildman–Crippen MR) is 127 cm³/mol. The van der Waals surface area contributed by atoms with E-state index in [0.717, 1.165) is 17.8 Å². The summed E-state index contributed by atoms with van der Waals surface area (Å²) in [6.07, 6.45) is 8.12. The van der Waals surface area contributed by atoms with Gasteiger partial charge in [0.15, 0.2) is 22.6 Å². The predicted octanol–water partition coefficient (Wildman–Crippen LogP) is 4.01. The van der Waals surface area contributed by atoms with Crippen molar-refractivity contribution in [3.8, 4) is 24.2 Å². The molecule has 34 heavy (non-hydrogen) atoms. The Morgan fingerprint density at radius 2 is 2.06 bits per heavy atom. The van der Waals surface area contributed by atoms with Crippen molar-refractivity contribution in [1.29, 1.82) is 5.26 Å². The van der Waals surface area contributed by atoms with Crippen LogP contribution in [0.1, 0.15) is 25.8 Å². The van der Waals surface area contributed by atoms with E-state index in [0.29, 0.717) is 16.8 Å². The van der Waals surface area contributed by atoms with Crippen molar-refractivity contribution in [3.63, 3.8) is 0 Å². The Morgan fingerprint density at radius 3 is 2.79 bits per heavy atom. The van der Waals surface area contributed by atoms with E-state index in [1.165, 1.54) is 18.6 Å². The van der Waals surface area contributed by atoms with Crippen molar-refractivity contribution in [3.05, 3.63) is 47.9 Å². The summed E-state index contributed by atoms with van der Waals surface area (Å²) in [5.41, 5.74) is 5.73. The Balaban J connectivity index is 1.74. The van der Waals surface area contributed by atoms with Gasteiger partial charge >= 0.3 is 0 Å². The molecule has 8 nitrogen and oxygen atoms in total. The second-order valence-corrected chi connectivity index (χ2v) is 9.57. The zero-order valence-corrected chi connectivity index (χ0v) is 19.1. The van der Waals surface area contributed by atoms with Crippen LogP contribution in [0.25, 0.3) is 11.0 Å². The molecule has 0 bridgehead atoms. The highest BCUT2D eigenvalue weighted by Crippen LogP contribution is 2.46. The highest BCUT2D eigenvalue weighted by atomic mass is 32.2. The number of terminal acetylenes is 1. The van der Waals surface area contributed by atoms with Gasteiger partial charge in [-0.3, -0.25) is 4.99 Å². The fraction of sp³-hybridized carbons (Fsp3) is 0.261. The van der Waals surface area contributed by atoms with Crippen LogP contribution >= 0.6 is 11.8 Å². The van der Waals surface area contributed by atoms with E-state index < -0.39 is 21.9 Å². The highest BCUT2D eigenvalue weighted by Gasteiger charge is 2.44. The van der Waals surface area contributed by atoms with Crippen LogP contribution in [0, 0.1) is 35.3 Å². The number of hydrogen-bond acceptors (Lipinski definition) is 9. The summed E-state index contributed by atoms with van der Waals surface area (Å²) in [6, 6.07) is 6.27. The lowest BCUT2D eigenvalue weighted by atomic mass is 9.83. The van der Waals surface area contributed by atoms with Gasteiger partial charge in [0.2, 0.25) is 0 Å². The van der Waals surface area contributed by atoms with Gasteiger partial charge in [-0.15, -0.1) is 6.42 Å². The van der Waals surface area contributed by atoms with E-state index in [1.807, 2.05) is 0 Å². The number of nitriles is 1. The van der Waals surface area contributed by atoms with Crippen LogP contribution in [0.3, 0.4) is 0 Å². The van der Waals surface area contributed by atoms with Gasteiger partial charge in [0, 0.05) is 29.8 Å². The van der Waals surface area contributed by atoms with Crippen LogP contribution in [0.5, 0.6) is 5.75 Å². The molecule has 3 N–H and O–H groups in total. The van der Waals surface area contributed by atoms with E-state index in [-0.39, 0.29) is 35.3 Å². The van der Waals surface area contributed by atoms with Crippen molar-refractivity contribution in [2.24, 2.45) is 10.7 Å². The second-order valence-electron chi connectivity index (χ2n) is 8.04. The number of pyridine rings is 1. The fourth-order valence-electron chi connectivity index (χ4n) is 3.86. The number of aromatic nitrogens is 3. The lowest BCUT2D eigenvalue weighted by Gasteiger charge is -2.37. The second kappa shape index (κ2) is 8.76. The molecule has 4 rings (SSSR count). The number of nitrogens with two attached hydrogens (primary N) is 1. The first-order chi connectivity index (χ1) is 16.2. The molecule has 1 aliphatic heterocycles. The summed E-state index contributed by atoms with van der Waals surface area (Å²) in [5, 5.41) is 12.7. The summed E-state index contributed by atoms with van der Waals surface area (Å²) in [7, 11) is 0. The van der Waals surface area contributed by atoms with Gasteiger partial charge in [-0.25, -0.2) is 23.7 Å². The van der Waals surface area contributed by atoms with E-state index >= 15 is 0 Å². The lowest BCUT2D eigenvalue weighted by Crippen LogP contribution is -2.39. The molecule has 1 aliphatic rings. The molecular formula is C23H19F2N7OS. The summed E-state index contributed by atoms with van der Waals surface area (Å²) in [5.74, 6) is 0.942. The Morgan fingerprint density at radius 1 is 1.26 bits per heavy atom. The van der Waals surface area contributed by atoms with Crippen molar-refractivity contribution >= 4 is 39.5 Å². The number of aliphatic imine (C=N–C) groups is 1. The Bertz CT molecular complexity index is 1400. The number of hydrogen-bond donors (Lipinski definition) is 2. The number of fused-ring (bicyclic) bond motifs is 1. The number of nitrogens with zero attached hydrogens (tertiary/aromatic N) is 5. The minimum atomic E-state index is -1.25. The lowest BCUT2D eigenvalue weighted by molar-refractivity contribution is 0.369. The quantitative estimate of drug-likeness (QED) is 0.527. The highest BCUT2D eigenvalue weighted by molar-refractivity contribution is 8.15. The fourth-order valence-corrected chi connectivity index (χ4v) is 4.97. The topological polar surface area (TPSA) is 122 Å². The Kier molecular flexibility index (Phi) is 5.98. The molecule has 0 saturated heterocycles. The molecule has 11 heteroatoms. The van der Waals surface area contributed by atoms with Gasteiger partial charge in [0.25, 0.3) is 0 Å². The van der Waals surface area contributed by atoms with Gasteiger partial charge in [-0.1, -0.05) is 17.7 Å². The van der Waals surface area contributed by atoms with Gasteiger partial charge in [0.05, 0.1) is 23.3 Å². The minimum Gasteiger partial charge on any atom is -0.479 e. The van der Waals surface area contributed by atoms with Gasteiger partial charge in [-0.05, 0) is 19.9 Å². The molecule has 0 amide bonds. The first kappa shape index (κ1) is 23.2. The molecule has 0 fully saturated rings. The molecule has 172 valence electrons. The third-order valence-corrected chi connectivity index (χ3v) is 6.24. The molecule has 2 atom stereocenters. The summed E-state index contributed by atoms with van der Waals surface area (Å²) in [4.78, 5) is 17.0. The first-order valence-electron chi connectivity index (χ1n) is 10.1. The molecule has 3 heterocycles. The molecule has 0 aliphatic carbocycles. The van der Waals surface area contributed by atoms with Crippen LogP contribution in [-0.4, -0.2) is 31.5 Å². The maximum absolute atomic E-state index is 15.0. The molecule has 0 unspecified atom stereocenters. The normalized spacial score (nSPS) is 21.9. The summed E-state index contributed by atoms with van der Waals surface area (Å²) < 4.78 is 34.1. The van der Waals surface area contributed by atoms with Crippen molar-refractivity contribution in [2.45, 2.75) is 30.6 Å².